The number of nitrogens with zero attached hydrogens (tertiary/aromatic N) is 1. The summed E-state index contributed by atoms with van der Waals surface area (Å²) < 4.78 is 0. The van der Waals surface area contributed by atoms with Crippen molar-refractivity contribution in [2.24, 2.45) is 0 Å². The molecule has 104 valence electrons. The zero-order valence-electron chi connectivity index (χ0n) is 11.2. The fourth-order valence-electron chi connectivity index (χ4n) is 1.15. The van der Waals surface area contributed by atoms with Crippen LogP contribution in [-0.4, -0.2) is 54.1 Å². The van der Waals surface area contributed by atoms with Gasteiger partial charge in [0, 0.05) is 26.1 Å². The van der Waals surface area contributed by atoms with Crippen LogP contribution in [0, 0.1) is 0 Å². The van der Waals surface area contributed by atoms with Crippen molar-refractivity contribution in [2.75, 3.05) is 20.6 Å². The smallest absolute Gasteiger partial charge is 0.315 e. The second-order valence-electron chi connectivity index (χ2n) is 4.87. The average molecular weight is 259 g/mol. The number of carbonyl (C=O) groups is 3. The Hall–Kier alpha value is -1.79. The number of aliphatic carboxylic acids is 1. The number of likely N-dealkylation sites (N-methyl/N-ethyl adjacent to an activating group) is 1. The molecule has 3 N–H and O–H groups in total. The van der Waals surface area contributed by atoms with E-state index in [9.17, 15) is 14.4 Å². The second-order valence-corrected chi connectivity index (χ2v) is 4.87. The lowest BCUT2D eigenvalue weighted by Gasteiger charge is -2.25. The van der Waals surface area contributed by atoms with Gasteiger partial charge in [-0.2, -0.15) is 0 Å². The van der Waals surface area contributed by atoms with Gasteiger partial charge in [0.15, 0.2) is 0 Å². The van der Waals surface area contributed by atoms with Crippen LogP contribution < -0.4 is 10.6 Å². The van der Waals surface area contributed by atoms with Gasteiger partial charge in [-0.15, -0.1) is 0 Å². The Morgan fingerprint density at radius 2 is 1.78 bits per heavy atom. The summed E-state index contributed by atoms with van der Waals surface area (Å²) in [7, 11) is 3.19. The minimum Gasteiger partial charge on any atom is -0.481 e. The number of nitrogens with one attached hydrogen (secondary N) is 2. The number of carbonyl (C=O) groups excluding carboxylic acids is 2. The van der Waals surface area contributed by atoms with Crippen LogP contribution in [0.1, 0.15) is 26.7 Å². The molecule has 0 aromatic rings. The molecule has 0 atom stereocenters. The van der Waals surface area contributed by atoms with Gasteiger partial charge in [0.05, 0.1) is 6.54 Å². The molecule has 0 rings (SSSR count). The molecule has 18 heavy (non-hydrogen) atoms. The van der Waals surface area contributed by atoms with E-state index in [-0.39, 0.29) is 18.9 Å². The minimum atomic E-state index is -0.909. The van der Waals surface area contributed by atoms with Crippen molar-refractivity contribution in [1.82, 2.24) is 15.5 Å². The fraction of sp³-hybridized carbons (Fsp3) is 0.727. The van der Waals surface area contributed by atoms with Crippen molar-refractivity contribution in [1.29, 1.82) is 0 Å². The van der Waals surface area contributed by atoms with Gasteiger partial charge in [0.25, 0.3) is 0 Å². The summed E-state index contributed by atoms with van der Waals surface area (Å²) in [6.07, 6.45) is 0.293. The van der Waals surface area contributed by atoms with Crippen LogP contribution >= 0.6 is 0 Å². The van der Waals surface area contributed by atoms with Crippen LogP contribution in [0.4, 0.5) is 4.79 Å². The van der Waals surface area contributed by atoms with Gasteiger partial charge in [-0.25, -0.2) is 4.79 Å². The van der Waals surface area contributed by atoms with E-state index in [1.54, 1.807) is 27.9 Å². The molecular formula is C11H21N3O4. The highest BCUT2D eigenvalue weighted by atomic mass is 16.4. The molecule has 7 heteroatoms. The minimum absolute atomic E-state index is 0.0239. The van der Waals surface area contributed by atoms with Crippen molar-refractivity contribution in [2.45, 2.75) is 32.2 Å². The molecule has 0 saturated carbocycles. The number of carboxylic acid groups (broad SMARTS) is 1. The van der Waals surface area contributed by atoms with Crippen molar-refractivity contribution in [3.05, 3.63) is 0 Å². The van der Waals surface area contributed by atoms with Gasteiger partial charge in [-0.05, 0) is 20.3 Å². The number of hydrogen-bond donors (Lipinski definition) is 3. The highest BCUT2D eigenvalue weighted by Crippen LogP contribution is 2.10. The van der Waals surface area contributed by atoms with Crippen LogP contribution in [-0.2, 0) is 9.59 Å². The number of urea groups is 1. The molecule has 0 spiro atoms. The number of rotatable bonds is 6. The monoisotopic (exact) mass is 259 g/mol. The second kappa shape index (κ2) is 6.83. The summed E-state index contributed by atoms with van der Waals surface area (Å²) in [4.78, 5) is 34.5. The quantitative estimate of drug-likeness (QED) is 0.626. The van der Waals surface area contributed by atoms with Gasteiger partial charge in [-0.1, -0.05) is 0 Å². The lowest BCUT2D eigenvalue weighted by atomic mass is 9.99. The average Bonchev–Trinajstić information content (AvgIpc) is 2.22. The maximum absolute atomic E-state index is 11.5. The molecule has 0 aromatic heterocycles. The Bertz CT molecular complexity index is 326. The van der Waals surface area contributed by atoms with Crippen LogP contribution in [0.3, 0.4) is 0 Å². The first-order valence-electron chi connectivity index (χ1n) is 5.62. The molecular weight excluding hydrogens is 238 g/mol. The summed E-state index contributed by atoms with van der Waals surface area (Å²) in [6.45, 7) is 3.36. The third-order valence-electron chi connectivity index (χ3n) is 2.31. The summed E-state index contributed by atoms with van der Waals surface area (Å²) in [5.41, 5.74) is -0.635. The lowest BCUT2D eigenvalue weighted by Crippen LogP contribution is -2.50. The third kappa shape index (κ3) is 7.48. The zero-order chi connectivity index (χ0) is 14.3. The van der Waals surface area contributed by atoms with Crippen molar-refractivity contribution in [3.63, 3.8) is 0 Å². The highest BCUT2D eigenvalue weighted by molar-refractivity contribution is 5.83. The summed E-state index contributed by atoms with van der Waals surface area (Å²) in [6, 6.07) is -0.486. The van der Waals surface area contributed by atoms with E-state index in [0.717, 1.165) is 0 Å². The van der Waals surface area contributed by atoms with E-state index in [1.807, 2.05) is 0 Å². The first-order chi connectivity index (χ1) is 8.14. The molecule has 0 fully saturated rings. The van der Waals surface area contributed by atoms with Gasteiger partial charge >= 0.3 is 12.0 Å². The maximum Gasteiger partial charge on any atom is 0.315 e. The molecule has 0 aromatic carbocycles. The molecule has 0 aliphatic rings. The molecule has 0 aliphatic heterocycles. The maximum atomic E-state index is 11.5. The molecule has 0 saturated heterocycles. The molecule has 7 nitrogen and oxygen atoms in total. The van der Waals surface area contributed by atoms with Crippen LogP contribution in [0.15, 0.2) is 0 Å². The van der Waals surface area contributed by atoms with E-state index in [0.29, 0.717) is 6.42 Å². The number of hydrogen-bond acceptors (Lipinski definition) is 3. The van der Waals surface area contributed by atoms with Crippen molar-refractivity contribution in [3.8, 4) is 0 Å². The first-order valence-corrected chi connectivity index (χ1v) is 5.62. The molecule has 3 amide bonds. The topological polar surface area (TPSA) is 98.7 Å². The molecule has 0 aliphatic carbocycles. The molecule has 0 heterocycles. The van der Waals surface area contributed by atoms with Gasteiger partial charge in [-0.3, -0.25) is 9.59 Å². The first kappa shape index (κ1) is 16.2. The lowest BCUT2D eigenvalue weighted by molar-refractivity contribution is -0.137. The standard InChI is InChI=1S/C11H21N3O4/c1-11(2,6-5-9(16)17)13-10(18)12-7-8(15)14(3)4/h5-7H2,1-4H3,(H,16,17)(H2,12,13,18). The summed E-state index contributed by atoms with van der Waals surface area (Å²) >= 11 is 0. The Morgan fingerprint density at radius 1 is 1.22 bits per heavy atom. The number of carboxylic acids is 1. The van der Waals surface area contributed by atoms with E-state index in [2.05, 4.69) is 10.6 Å². The van der Waals surface area contributed by atoms with Gasteiger partial charge in [0.1, 0.15) is 0 Å². The van der Waals surface area contributed by atoms with E-state index in [4.69, 9.17) is 5.11 Å². The van der Waals surface area contributed by atoms with Gasteiger partial charge in [0.2, 0.25) is 5.91 Å². The van der Waals surface area contributed by atoms with E-state index in [1.165, 1.54) is 4.90 Å². The Kier molecular flexibility index (Phi) is 6.15. The molecule has 0 bridgehead atoms. The SMILES string of the molecule is CN(C)C(=O)CNC(=O)NC(C)(C)CCC(=O)O. The Labute approximate surface area is 107 Å². The Morgan fingerprint density at radius 3 is 2.22 bits per heavy atom. The van der Waals surface area contributed by atoms with E-state index < -0.39 is 17.5 Å². The highest BCUT2D eigenvalue weighted by Gasteiger charge is 2.21. The summed E-state index contributed by atoms with van der Waals surface area (Å²) in [5, 5.41) is 13.6. The molecule has 0 unspecified atom stereocenters. The van der Waals surface area contributed by atoms with Gasteiger partial charge < -0.3 is 20.6 Å². The summed E-state index contributed by atoms with van der Waals surface area (Å²) in [5.74, 6) is -1.12. The van der Waals surface area contributed by atoms with Crippen LogP contribution in [0.5, 0.6) is 0 Å². The normalized spacial score (nSPS) is 10.7. The van der Waals surface area contributed by atoms with Crippen molar-refractivity contribution < 1.29 is 19.5 Å². The largest absolute Gasteiger partial charge is 0.481 e. The predicted octanol–water partition coefficient (Wildman–Crippen LogP) is 0.0172. The van der Waals surface area contributed by atoms with E-state index >= 15 is 0 Å². The molecule has 0 radical (unpaired) electrons. The number of amides is 3. The van der Waals surface area contributed by atoms with Crippen LogP contribution in [0.25, 0.3) is 0 Å². The predicted molar refractivity (Wildman–Crippen MR) is 66.2 cm³/mol. The van der Waals surface area contributed by atoms with Crippen LogP contribution in [0.2, 0.25) is 0 Å². The zero-order valence-corrected chi connectivity index (χ0v) is 11.2. The third-order valence-corrected chi connectivity index (χ3v) is 2.31. The van der Waals surface area contributed by atoms with Crippen molar-refractivity contribution >= 4 is 17.9 Å². The Balaban J connectivity index is 4.06. The fourth-order valence-corrected chi connectivity index (χ4v) is 1.15.